The second-order valence-electron chi connectivity index (χ2n) is 5.39. The summed E-state index contributed by atoms with van der Waals surface area (Å²) in [5, 5.41) is 8.54. The molecule has 112 valence electrons. The smallest absolute Gasteiger partial charge is 0.303 e. The summed E-state index contributed by atoms with van der Waals surface area (Å²) in [6.45, 7) is 5.04. The van der Waals surface area contributed by atoms with E-state index >= 15 is 0 Å². The Morgan fingerprint density at radius 3 is 2.53 bits per heavy atom. The van der Waals surface area contributed by atoms with Crippen molar-refractivity contribution in [2.45, 2.75) is 52.0 Å². The molecule has 1 aliphatic heterocycles. The fourth-order valence-electron chi connectivity index (χ4n) is 2.17. The molecule has 1 fully saturated rings. The summed E-state index contributed by atoms with van der Waals surface area (Å²) in [6.07, 6.45) is 2.89. The lowest BCUT2D eigenvalue weighted by molar-refractivity contribution is -0.137. The van der Waals surface area contributed by atoms with Gasteiger partial charge in [0, 0.05) is 25.6 Å². The van der Waals surface area contributed by atoms with E-state index in [0.29, 0.717) is 31.8 Å². The Hall–Kier alpha value is -0.660. The maximum Gasteiger partial charge on any atom is 0.303 e. The van der Waals surface area contributed by atoms with Crippen LogP contribution in [0.25, 0.3) is 0 Å². The van der Waals surface area contributed by atoms with Crippen molar-refractivity contribution >= 4 is 16.2 Å². The molecule has 0 spiro atoms. The molecule has 1 aliphatic rings. The van der Waals surface area contributed by atoms with E-state index in [1.165, 1.54) is 4.31 Å². The fraction of sp³-hybridized carbons (Fsp3) is 0.917. The molecule has 0 amide bonds. The van der Waals surface area contributed by atoms with Crippen LogP contribution in [0.5, 0.6) is 0 Å². The van der Waals surface area contributed by atoms with E-state index in [-0.39, 0.29) is 12.5 Å². The number of hydrogen-bond acceptors (Lipinski definition) is 3. The third-order valence-corrected chi connectivity index (χ3v) is 5.21. The first-order valence-corrected chi connectivity index (χ1v) is 8.24. The molecule has 0 aromatic heterocycles. The average Bonchev–Trinajstić information content (AvgIpc) is 2.28. The van der Waals surface area contributed by atoms with Gasteiger partial charge in [0.2, 0.25) is 0 Å². The Bertz CT molecular complexity index is 389. The van der Waals surface area contributed by atoms with Gasteiger partial charge in [-0.05, 0) is 38.5 Å². The SMILES string of the molecule is CC1CCN(S(=O)(=O)NC(C)CCCC(=O)O)CC1. The Kier molecular flexibility index (Phi) is 6.22. The second kappa shape index (κ2) is 7.21. The molecule has 1 rings (SSSR count). The molecule has 0 aliphatic carbocycles. The van der Waals surface area contributed by atoms with Crippen molar-refractivity contribution in [3.8, 4) is 0 Å². The van der Waals surface area contributed by atoms with Crippen molar-refractivity contribution in [3.63, 3.8) is 0 Å². The van der Waals surface area contributed by atoms with Crippen LogP contribution in [0.3, 0.4) is 0 Å². The number of nitrogens with zero attached hydrogens (tertiary/aromatic N) is 1. The molecule has 2 N–H and O–H groups in total. The Labute approximate surface area is 115 Å². The van der Waals surface area contributed by atoms with E-state index < -0.39 is 16.2 Å². The van der Waals surface area contributed by atoms with Crippen LogP contribution in [0.2, 0.25) is 0 Å². The molecular weight excluding hydrogens is 268 g/mol. The van der Waals surface area contributed by atoms with E-state index in [0.717, 1.165) is 12.8 Å². The summed E-state index contributed by atoms with van der Waals surface area (Å²) in [7, 11) is -3.42. The van der Waals surface area contributed by atoms with E-state index in [9.17, 15) is 13.2 Å². The van der Waals surface area contributed by atoms with Crippen molar-refractivity contribution in [2.24, 2.45) is 5.92 Å². The number of hydrogen-bond donors (Lipinski definition) is 2. The van der Waals surface area contributed by atoms with Gasteiger partial charge in [-0.2, -0.15) is 17.4 Å². The lowest BCUT2D eigenvalue weighted by Crippen LogP contribution is -2.47. The molecular formula is C12H24N2O4S. The maximum atomic E-state index is 12.1. The normalized spacial score (nSPS) is 20.3. The summed E-state index contributed by atoms with van der Waals surface area (Å²) < 4.78 is 28.3. The van der Waals surface area contributed by atoms with Gasteiger partial charge < -0.3 is 5.11 Å². The van der Waals surface area contributed by atoms with Gasteiger partial charge in [0.25, 0.3) is 10.2 Å². The molecule has 1 heterocycles. The Morgan fingerprint density at radius 2 is 2.00 bits per heavy atom. The van der Waals surface area contributed by atoms with E-state index in [1.807, 2.05) is 0 Å². The van der Waals surface area contributed by atoms with Crippen LogP contribution in [-0.2, 0) is 15.0 Å². The molecule has 0 bridgehead atoms. The summed E-state index contributed by atoms with van der Waals surface area (Å²) in [6, 6.07) is -0.233. The number of aliphatic carboxylic acids is 1. The first-order chi connectivity index (χ1) is 8.81. The zero-order valence-electron chi connectivity index (χ0n) is 11.6. The van der Waals surface area contributed by atoms with Crippen molar-refractivity contribution in [1.82, 2.24) is 9.03 Å². The Balaban J connectivity index is 2.39. The minimum atomic E-state index is -3.42. The third-order valence-electron chi connectivity index (χ3n) is 3.46. The summed E-state index contributed by atoms with van der Waals surface area (Å²) in [5.74, 6) is -0.264. The number of piperidine rings is 1. The number of carboxylic acid groups (broad SMARTS) is 1. The maximum absolute atomic E-state index is 12.1. The van der Waals surface area contributed by atoms with Crippen molar-refractivity contribution in [3.05, 3.63) is 0 Å². The van der Waals surface area contributed by atoms with E-state index in [2.05, 4.69) is 11.6 Å². The van der Waals surface area contributed by atoms with Crippen LogP contribution in [0.1, 0.15) is 46.0 Å². The molecule has 19 heavy (non-hydrogen) atoms. The number of carboxylic acids is 1. The first kappa shape index (κ1) is 16.4. The highest BCUT2D eigenvalue weighted by Crippen LogP contribution is 2.18. The second-order valence-corrected chi connectivity index (χ2v) is 7.09. The van der Waals surface area contributed by atoms with Gasteiger partial charge in [-0.1, -0.05) is 6.92 Å². The monoisotopic (exact) mass is 292 g/mol. The van der Waals surface area contributed by atoms with Crippen molar-refractivity contribution in [1.29, 1.82) is 0 Å². The quantitative estimate of drug-likeness (QED) is 0.738. The first-order valence-electron chi connectivity index (χ1n) is 6.80. The molecule has 1 saturated heterocycles. The third kappa shape index (κ3) is 5.88. The number of carbonyl (C=O) groups is 1. The van der Waals surface area contributed by atoms with Gasteiger partial charge >= 0.3 is 5.97 Å². The molecule has 1 atom stereocenters. The lowest BCUT2D eigenvalue weighted by atomic mass is 10.0. The zero-order valence-corrected chi connectivity index (χ0v) is 12.4. The minimum absolute atomic E-state index is 0.0767. The Morgan fingerprint density at radius 1 is 1.42 bits per heavy atom. The molecule has 7 heteroatoms. The zero-order chi connectivity index (χ0) is 14.5. The predicted octanol–water partition coefficient (Wildman–Crippen LogP) is 1.20. The molecule has 1 unspecified atom stereocenters. The largest absolute Gasteiger partial charge is 0.481 e. The van der Waals surface area contributed by atoms with Crippen LogP contribution in [-0.4, -0.2) is 42.9 Å². The van der Waals surface area contributed by atoms with Crippen molar-refractivity contribution in [2.75, 3.05) is 13.1 Å². The van der Waals surface area contributed by atoms with Crippen LogP contribution in [0.15, 0.2) is 0 Å². The number of rotatable bonds is 7. The standard InChI is InChI=1S/C12H24N2O4S/c1-10-6-8-14(9-7-10)19(17,18)13-11(2)4-3-5-12(15)16/h10-11,13H,3-9H2,1-2H3,(H,15,16). The van der Waals surface area contributed by atoms with Gasteiger partial charge in [0.15, 0.2) is 0 Å². The molecule has 6 nitrogen and oxygen atoms in total. The number of nitrogens with one attached hydrogen (secondary N) is 1. The van der Waals surface area contributed by atoms with E-state index in [1.54, 1.807) is 6.92 Å². The topological polar surface area (TPSA) is 86.7 Å². The van der Waals surface area contributed by atoms with Crippen LogP contribution in [0.4, 0.5) is 0 Å². The average molecular weight is 292 g/mol. The fourth-order valence-corrected chi connectivity index (χ4v) is 3.64. The van der Waals surface area contributed by atoms with Crippen LogP contribution < -0.4 is 4.72 Å². The summed E-state index contributed by atoms with van der Waals surface area (Å²) in [5.41, 5.74) is 0. The van der Waals surface area contributed by atoms with E-state index in [4.69, 9.17) is 5.11 Å². The van der Waals surface area contributed by atoms with Gasteiger partial charge in [-0.15, -0.1) is 0 Å². The highest BCUT2D eigenvalue weighted by molar-refractivity contribution is 7.87. The highest BCUT2D eigenvalue weighted by atomic mass is 32.2. The predicted molar refractivity (Wildman–Crippen MR) is 73.0 cm³/mol. The van der Waals surface area contributed by atoms with Crippen LogP contribution in [0, 0.1) is 5.92 Å². The van der Waals surface area contributed by atoms with Gasteiger partial charge in [-0.3, -0.25) is 4.79 Å². The molecule has 0 aromatic carbocycles. The van der Waals surface area contributed by atoms with Gasteiger partial charge in [-0.25, -0.2) is 0 Å². The highest BCUT2D eigenvalue weighted by Gasteiger charge is 2.27. The molecule has 0 radical (unpaired) electrons. The lowest BCUT2D eigenvalue weighted by Gasteiger charge is -2.30. The van der Waals surface area contributed by atoms with Crippen molar-refractivity contribution < 1.29 is 18.3 Å². The summed E-state index contributed by atoms with van der Waals surface area (Å²) in [4.78, 5) is 10.4. The molecule has 0 saturated carbocycles. The van der Waals surface area contributed by atoms with Gasteiger partial charge in [0.1, 0.15) is 0 Å². The van der Waals surface area contributed by atoms with Gasteiger partial charge in [0.05, 0.1) is 0 Å². The molecule has 0 aromatic rings. The van der Waals surface area contributed by atoms with Crippen LogP contribution >= 0.6 is 0 Å². The minimum Gasteiger partial charge on any atom is -0.481 e. The summed E-state index contributed by atoms with van der Waals surface area (Å²) >= 11 is 0.